The van der Waals surface area contributed by atoms with Gasteiger partial charge in [-0.2, -0.15) is 0 Å². The Bertz CT molecular complexity index is 572. The Balaban J connectivity index is 2.30. The van der Waals surface area contributed by atoms with Crippen LogP contribution in [0.4, 0.5) is 4.39 Å². The van der Waals surface area contributed by atoms with Crippen molar-refractivity contribution in [2.75, 3.05) is 0 Å². The van der Waals surface area contributed by atoms with Gasteiger partial charge in [-0.3, -0.25) is 0 Å². The van der Waals surface area contributed by atoms with E-state index in [1.807, 2.05) is 0 Å². The van der Waals surface area contributed by atoms with Crippen molar-refractivity contribution >= 4 is 34.8 Å². The summed E-state index contributed by atoms with van der Waals surface area (Å²) in [5.74, 6) is 0.614. The third kappa shape index (κ3) is 3.08. The predicted molar refractivity (Wildman–Crippen MR) is 72.5 cm³/mol. The average molecular weight is 306 g/mol. The second-order valence-corrected chi connectivity index (χ2v) is 4.67. The summed E-state index contributed by atoms with van der Waals surface area (Å²) in [4.78, 5) is 0. The first-order valence-electron chi connectivity index (χ1n) is 5.07. The van der Waals surface area contributed by atoms with Crippen LogP contribution < -0.4 is 4.74 Å². The fourth-order valence-electron chi connectivity index (χ4n) is 1.42. The molecule has 0 aliphatic heterocycles. The molecule has 1 nitrogen and oxygen atoms in total. The Kier molecular flexibility index (Phi) is 4.33. The summed E-state index contributed by atoms with van der Waals surface area (Å²) in [6.07, 6.45) is 0. The zero-order chi connectivity index (χ0) is 13.1. The van der Waals surface area contributed by atoms with Crippen LogP contribution in [0.2, 0.25) is 10.0 Å². The second kappa shape index (κ2) is 5.79. The van der Waals surface area contributed by atoms with Crippen LogP contribution in [0, 0.1) is 5.82 Å². The molecular weight excluding hydrogens is 297 g/mol. The summed E-state index contributed by atoms with van der Waals surface area (Å²) in [6.45, 7) is 0. The van der Waals surface area contributed by atoms with Crippen LogP contribution in [-0.2, 0) is 5.88 Å². The molecule has 2 rings (SSSR count). The van der Waals surface area contributed by atoms with Crippen molar-refractivity contribution in [3.8, 4) is 11.5 Å². The molecule has 0 unspecified atom stereocenters. The van der Waals surface area contributed by atoms with Crippen LogP contribution in [-0.4, -0.2) is 0 Å². The third-order valence-electron chi connectivity index (χ3n) is 2.29. The fraction of sp³-hybridized carbons (Fsp3) is 0.0769. The highest BCUT2D eigenvalue weighted by Crippen LogP contribution is 2.30. The normalized spacial score (nSPS) is 10.4. The van der Waals surface area contributed by atoms with Crippen molar-refractivity contribution in [1.82, 2.24) is 0 Å². The molecule has 5 heteroatoms. The SMILES string of the molecule is Fc1cc(Oc2ccc(Cl)cc2CCl)ccc1Cl. The lowest BCUT2D eigenvalue weighted by molar-refractivity contribution is 0.473. The zero-order valence-electron chi connectivity index (χ0n) is 9.09. The first-order chi connectivity index (χ1) is 8.60. The van der Waals surface area contributed by atoms with E-state index in [1.165, 1.54) is 12.1 Å². The maximum atomic E-state index is 13.3. The smallest absolute Gasteiger partial charge is 0.145 e. The van der Waals surface area contributed by atoms with E-state index in [1.54, 1.807) is 24.3 Å². The van der Waals surface area contributed by atoms with Gasteiger partial charge in [0.1, 0.15) is 17.3 Å². The molecule has 0 aromatic heterocycles. The lowest BCUT2D eigenvalue weighted by atomic mass is 10.2. The second-order valence-electron chi connectivity index (χ2n) is 3.56. The first-order valence-corrected chi connectivity index (χ1v) is 6.36. The Labute approximate surface area is 119 Å². The van der Waals surface area contributed by atoms with Gasteiger partial charge >= 0.3 is 0 Å². The van der Waals surface area contributed by atoms with E-state index in [-0.39, 0.29) is 10.9 Å². The van der Waals surface area contributed by atoms with Gasteiger partial charge < -0.3 is 4.74 Å². The highest BCUT2D eigenvalue weighted by Gasteiger charge is 2.07. The standard InChI is InChI=1S/C13H8Cl3FO/c14-7-8-5-9(15)1-4-13(8)18-10-2-3-11(16)12(17)6-10/h1-6H,7H2. The molecule has 0 saturated heterocycles. The van der Waals surface area contributed by atoms with Gasteiger partial charge in [0.15, 0.2) is 0 Å². The molecule has 0 aliphatic rings. The molecule has 0 aliphatic carbocycles. The molecule has 0 radical (unpaired) electrons. The van der Waals surface area contributed by atoms with Crippen LogP contribution in [0.15, 0.2) is 36.4 Å². The molecule has 0 amide bonds. The number of rotatable bonds is 3. The van der Waals surface area contributed by atoms with Gasteiger partial charge in [-0.1, -0.05) is 23.2 Å². The van der Waals surface area contributed by atoms with Crippen LogP contribution >= 0.6 is 34.8 Å². The van der Waals surface area contributed by atoms with Crippen LogP contribution in [0.5, 0.6) is 11.5 Å². The average Bonchev–Trinajstić information content (AvgIpc) is 2.36. The number of ether oxygens (including phenoxy) is 1. The van der Waals surface area contributed by atoms with Gasteiger partial charge in [0.25, 0.3) is 0 Å². The van der Waals surface area contributed by atoms with E-state index in [0.717, 1.165) is 5.56 Å². The number of halogens is 4. The molecule has 0 spiro atoms. The van der Waals surface area contributed by atoms with Gasteiger partial charge in [-0.15, -0.1) is 11.6 Å². The molecule has 2 aromatic rings. The van der Waals surface area contributed by atoms with Crippen molar-refractivity contribution in [3.05, 3.63) is 57.8 Å². The summed E-state index contributed by atoms with van der Waals surface area (Å²) in [7, 11) is 0. The van der Waals surface area contributed by atoms with E-state index >= 15 is 0 Å². The summed E-state index contributed by atoms with van der Waals surface area (Å²) in [5.41, 5.74) is 0.736. The van der Waals surface area contributed by atoms with Gasteiger partial charge in [-0.05, 0) is 30.3 Å². The Morgan fingerprint density at radius 2 is 1.83 bits per heavy atom. The van der Waals surface area contributed by atoms with Crippen molar-refractivity contribution in [2.24, 2.45) is 0 Å². The molecule has 18 heavy (non-hydrogen) atoms. The van der Waals surface area contributed by atoms with Crippen molar-refractivity contribution in [2.45, 2.75) is 5.88 Å². The summed E-state index contributed by atoms with van der Waals surface area (Å²) >= 11 is 17.2. The van der Waals surface area contributed by atoms with Gasteiger partial charge in [0.2, 0.25) is 0 Å². The number of alkyl halides is 1. The van der Waals surface area contributed by atoms with E-state index in [9.17, 15) is 4.39 Å². The molecule has 94 valence electrons. The molecule has 0 saturated carbocycles. The fourth-order valence-corrected chi connectivity index (χ4v) is 1.94. The molecular formula is C13H8Cl3FO. The van der Waals surface area contributed by atoms with Crippen LogP contribution in [0.3, 0.4) is 0 Å². The highest BCUT2D eigenvalue weighted by atomic mass is 35.5. The topological polar surface area (TPSA) is 9.23 Å². The van der Waals surface area contributed by atoms with Crippen LogP contribution in [0.1, 0.15) is 5.56 Å². The molecule has 2 aromatic carbocycles. The van der Waals surface area contributed by atoms with Gasteiger partial charge in [0.05, 0.1) is 10.9 Å². The Hall–Kier alpha value is -0.960. The molecule has 0 heterocycles. The van der Waals surface area contributed by atoms with E-state index in [2.05, 4.69) is 0 Å². The van der Waals surface area contributed by atoms with Gasteiger partial charge in [0, 0.05) is 16.7 Å². The molecule has 0 bridgehead atoms. The van der Waals surface area contributed by atoms with Crippen molar-refractivity contribution in [1.29, 1.82) is 0 Å². The molecule has 0 atom stereocenters. The summed E-state index contributed by atoms with van der Waals surface area (Å²) < 4.78 is 18.8. The minimum atomic E-state index is -0.532. The Morgan fingerprint density at radius 3 is 2.50 bits per heavy atom. The summed E-state index contributed by atoms with van der Waals surface area (Å²) in [5, 5.41) is 0.622. The quantitative estimate of drug-likeness (QED) is 0.664. The monoisotopic (exact) mass is 304 g/mol. The zero-order valence-corrected chi connectivity index (χ0v) is 11.4. The predicted octanol–water partition coefficient (Wildman–Crippen LogP) is 5.66. The van der Waals surface area contributed by atoms with E-state index in [4.69, 9.17) is 39.5 Å². The molecule has 0 fully saturated rings. The van der Waals surface area contributed by atoms with E-state index in [0.29, 0.717) is 16.5 Å². The van der Waals surface area contributed by atoms with Crippen molar-refractivity contribution < 1.29 is 9.13 Å². The minimum absolute atomic E-state index is 0.0519. The van der Waals surface area contributed by atoms with Gasteiger partial charge in [-0.25, -0.2) is 4.39 Å². The third-order valence-corrected chi connectivity index (χ3v) is 3.11. The number of benzene rings is 2. The maximum absolute atomic E-state index is 13.3. The lowest BCUT2D eigenvalue weighted by Gasteiger charge is -2.10. The van der Waals surface area contributed by atoms with Crippen LogP contribution in [0.25, 0.3) is 0 Å². The summed E-state index contributed by atoms with van der Waals surface area (Å²) in [6, 6.07) is 9.30. The first kappa shape index (κ1) is 13.5. The lowest BCUT2D eigenvalue weighted by Crippen LogP contribution is -1.90. The van der Waals surface area contributed by atoms with E-state index < -0.39 is 5.82 Å². The number of hydrogen-bond acceptors (Lipinski definition) is 1. The minimum Gasteiger partial charge on any atom is -0.457 e. The number of hydrogen-bond donors (Lipinski definition) is 0. The largest absolute Gasteiger partial charge is 0.457 e. The highest BCUT2D eigenvalue weighted by molar-refractivity contribution is 6.31. The Morgan fingerprint density at radius 1 is 1.06 bits per heavy atom. The van der Waals surface area contributed by atoms with Crippen molar-refractivity contribution in [3.63, 3.8) is 0 Å². The maximum Gasteiger partial charge on any atom is 0.145 e. The molecule has 0 N–H and O–H groups in total.